The Bertz CT molecular complexity index is 773. The standard InChI is InChI=1S/C20H25N3O4/c1-15(2)14-26-20(25)23-10-6-9-22(11-12-23)19(24)18-13-17(21-27-18)16-7-4-3-5-8-16/h3-5,7-8,13,15H,6,9-12,14H2,1-2H3. The summed E-state index contributed by atoms with van der Waals surface area (Å²) < 4.78 is 10.6. The number of nitrogens with zero attached hydrogens (tertiary/aromatic N) is 3. The van der Waals surface area contributed by atoms with E-state index in [0.29, 0.717) is 50.8 Å². The summed E-state index contributed by atoms with van der Waals surface area (Å²) in [6, 6.07) is 11.2. The lowest BCUT2D eigenvalue weighted by Gasteiger charge is -2.21. The fourth-order valence-electron chi connectivity index (χ4n) is 2.91. The first kappa shape index (κ1) is 18.9. The molecule has 0 radical (unpaired) electrons. The first-order valence-electron chi connectivity index (χ1n) is 9.27. The molecule has 7 heteroatoms. The highest BCUT2D eigenvalue weighted by atomic mass is 16.6. The molecule has 0 saturated carbocycles. The van der Waals surface area contributed by atoms with Crippen LogP contribution in [0.25, 0.3) is 11.3 Å². The van der Waals surface area contributed by atoms with Crippen LogP contribution >= 0.6 is 0 Å². The van der Waals surface area contributed by atoms with Gasteiger partial charge in [0.2, 0.25) is 5.76 Å². The Labute approximate surface area is 158 Å². The normalized spacial score (nSPS) is 14.9. The number of amides is 2. The number of rotatable bonds is 4. The predicted molar refractivity (Wildman–Crippen MR) is 100 cm³/mol. The van der Waals surface area contributed by atoms with Gasteiger partial charge in [-0.05, 0) is 12.3 Å². The van der Waals surface area contributed by atoms with E-state index in [0.717, 1.165) is 5.56 Å². The van der Waals surface area contributed by atoms with Crippen LogP contribution in [0.1, 0.15) is 30.8 Å². The summed E-state index contributed by atoms with van der Waals surface area (Å²) in [5.41, 5.74) is 1.53. The maximum Gasteiger partial charge on any atom is 0.409 e. The molecule has 0 atom stereocenters. The van der Waals surface area contributed by atoms with Crippen LogP contribution in [-0.2, 0) is 4.74 Å². The van der Waals surface area contributed by atoms with Crippen molar-refractivity contribution in [1.82, 2.24) is 15.0 Å². The number of hydrogen-bond acceptors (Lipinski definition) is 5. The molecule has 2 amide bonds. The van der Waals surface area contributed by atoms with E-state index >= 15 is 0 Å². The molecule has 1 saturated heterocycles. The summed E-state index contributed by atoms with van der Waals surface area (Å²) in [6.07, 6.45) is 0.381. The molecule has 0 aliphatic carbocycles. The molecular weight excluding hydrogens is 346 g/mol. The van der Waals surface area contributed by atoms with E-state index in [1.54, 1.807) is 15.9 Å². The number of hydrogen-bond donors (Lipinski definition) is 0. The molecule has 0 N–H and O–H groups in total. The Balaban J connectivity index is 1.60. The van der Waals surface area contributed by atoms with Gasteiger partial charge in [-0.15, -0.1) is 0 Å². The van der Waals surface area contributed by atoms with Crippen molar-refractivity contribution in [2.75, 3.05) is 32.8 Å². The molecule has 3 rings (SSSR count). The molecule has 27 heavy (non-hydrogen) atoms. The summed E-state index contributed by atoms with van der Waals surface area (Å²) in [6.45, 7) is 6.42. The van der Waals surface area contributed by atoms with Crippen molar-refractivity contribution in [3.8, 4) is 11.3 Å². The number of aromatic nitrogens is 1. The van der Waals surface area contributed by atoms with E-state index in [2.05, 4.69) is 5.16 Å². The molecule has 1 aliphatic rings. The molecule has 144 valence electrons. The average Bonchev–Trinajstić information content (AvgIpc) is 3.04. The van der Waals surface area contributed by atoms with Crippen molar-refractivity contribution < 1.29 is 18.8 Å². The monoisotopic (exact) mass is 371 g/mol. The van der Waals surface area contributed by atoms with Gasteiger partial charge in [-0.1, -0.05) is 49.3 Å². The van der Waals surface area contributed by atoms with Gasteiger partial charge in [-0.3, -0.25) is 4.79 Å². The zero-order valence-corrected chi connectivity index (χ0v) is 15.8. The Morgan fingerprint density at radius 2 is 1.81 bits per heavy atom. The van der Waals surface area contributed by atoms with Crippen LogP contribution in [0, 0.1) is 5.92 Å². The van der Waals surface area contributed by atoms with Gasteiger partial charge in [-0.2, -0.15) is 0 Å². The lowest BCUT2D eigenvalue weighted by Crippen LogP contribution is -2.37. The molecule has 2 heterocycles. The van der Waals surface area contributed by atoms with Crippen LogP contribution in [0.15, 0.2) is 40.9 Å². The van der Waals surface area contributed by atoms with E-state index < -0.39 is 0 Å². The van der Waals surface area contributed by atoms with Gasteiger partial charge in [0.25, 0.3) is 5.91 Å². The summed E-state index contributed by atoms with van der Waals surface area (Å²) in [5, 5.41) is 4.00. The van der Waals surface area contributed by atoms with E-state index in [-0.39, 0.29) is 17.8 Å². The minimum atomic E-state index is -0.316. The Morgan fingerprint density at radius 1 is 1.11 bits per heavy atom. The second kappa shape index (κ2) is 8.70. The minimum Gasteiger partial charge on any atom is -0.449 e. The zero-order valence-electron chi connectivity index (χ0n) is 15.8. The van der Waals surface area contributed by atoms with Gasteiger partial charge in [0, 0.05) is 37.8 Å². The third-order valence-corrected chi connectivity index (χ3v) is 4.37. The van der Waals surface area contributed by atoms with Gasteiger partial charge in [0.05, 0.1) is 6.61 Å². The summed E-state index contributed by atoms with van der Waals surface area (Å²) >= 11 is 0. The van der Waals surface area contributed by atoms with Crippen molar-refractivity contribution in [2.45, 2.75) is 20.3 Å². The van der Waals surface area contributed by atoms with E-state index in [9.17, 15) is 9.59 Å². The van der Waals surface area contributed by atoms with Gasteiger partial charge in [0.1, 0.15) is 5.69 Å². The molecule has 1 aromatic carbocycles. The topological polar surface area (TPSA) is 75.9 Å². The van der Waals surface area contributed by atoms with Crippen LogP contribution in [0.5, 0.6) is 0 Å². The lowest BCUT2D eigenvalue weighted by atomic mass is 10.1. The van der Waals surface area contributed by atoms with Crippen molar-refractivity contribution in [3.05, 3.63) is 42.2 Å². The maximum atomic E-state index is 12.7. The third kappa shape index (κ3) is 4.87. The van der Waals surface area contributed by atoms with E-state index in [1.165, 1.54) is 0 Å². The number of carbonyl (C=O) groups is 2. The molecule has 0 bridgehead atoms. The quantitative estimate of drug-likeness (QED) is 0.824. The highest BCUT2D eigenvalue weighted by Crippen LogP contribution is 2.20. The highest BCUT2D eigenvalue weighted by Gasteiger charge is 2.26. The Hall–Kier alpha value is -2.83. The molecule has 1 aromatic heterocycles. The van der Waals surface area contributed by atoms with Crippen LogP contribution in [0.4, 0.5) is 4.79 Å². The fourth-order valence-corrected chi connectivity index (χ4v) is 2.91. The first-order chi connectivity index (χ1) is 13.0. The summed E-state index contributed by atoms with van der Waals surface area (Å²) in [4.78, 5) is 28.2. The Morgan fingerprint density at radius 3 is 2.56 bits per heavy atom. The van der Waals surface area contributed by atoms with Crippen molar-refractivity contribution in [1.29, 1.82) is 0 Å². The zero-order chi connectivity index (χ0) is 19.2. The van der Waals surface area contributed by atoms with Crippen LogP contribution in [-0.4, -0.2) is 59.7 Å². The van der Waals surface area contributed by atoms with E-state index in [1.807, 2.05) is 44.2 Å². The average molecular weight is 371 g/mol. The lowest BCUT2D eigenvalue weighted by molar-refractivity contribution is 0.0708. The maximum absolute atomic E-state index is 12.7. The van der Waals surface area contributed by atoms with Crippen LogP contribution in [0.3, 0.4) is 0 Å². The molecule has 0 unspecified atom stereocenters. The first-order valence-corrected chi connectivity index (χ1v) is 9.27. The second-order valence-corrected chi connectivity index (χ2v) is 7.05. The van der Waals surface area contributed by atoms with Crippen molar-refractivity contribution >= 4 is 12.0 Å². The van der Waals surface area contributed by atoms with E-state index in [4.69, 9.17) is 9.26 Å². The molecule has 2 aromatic rings. The van der Waals surface area contributed by atoms with Gasteiger partial charge < -0.3 is 19.1 Å². The van der Waals surface area contributed by atoms with Crippen LogP contribution in [0.2, 0.25) is 0 Å². The number of carbonyl (C=O) groups excluding carboxylic acids is 2. The summed E-state index contributed by atoms with van der Waals surface area (Å²) in [7, 11) is 0. The SMILES string of the molecule is CC(C)COC(=O)N1CCCN(C(=O)c2cc(-c3ccccc3)no2)CC1. The van der Waals surface area contributed by atoms with Gasteiger partial charge in [0.15, 0.2) is 0 Å². The third-order valence-electron chi connectivity index (χ3n) is 4.37. The molecule has 7 nitrogen and oxygen atoms in total. The van der Waals surface area contributed by atoms with Crippen LogP contribution < -0.4 is 0 Å². The minimum absolute atomic E-state index is 0.206. The number of ether oxygens (including phenoxy) is 1. The predicted octanol–water partition coefficient (Wildman–Crippen LogP) is 3.28. The number of benzene rings is 1. The molecule has 1 fully saturated rings. The second-order valence-electron chi connectivity index (χ2n) is 7.05. The largest absolute Gasteiger partial charge is 0.449 e. The molecular formula is C20H25N3O4. The smallest absolute Gasteiger partial charge is 0.409 e. The Kier molecular flexibility index (Phi) is 6.11. The molecule has 0 spiro atoms. The van der Waals surface area contributed by atoms with Crippen molar-refractivity contribution in [3.63, 3.8) is 0 Å². The van der Waals surface area contributed by atoms with Gasteiger partial charge in [-0.25, -0.2) is 4.79 Å². The molecule has 1 aliphatic heterocycles. The van der Waals surface area contributed by atoms with Crippen molar-refractivity contribution in [2.24, 2.45) is 5.92 Å². The fraction of sp³-hybridized carbons (Fsp3) is 0.450. The summed E-state index contributed by atoms with van der Waals surface area (Å²) in [5.74, 6) is 0.302. The highest BCUT2D eigenvalue weighted by molar-refractivity contribution is 5.92. The van der Waals surface area contributed by atoms with Gasteiger partial charge >= 0.3 is 6.09 Å².